The molecule has 2 aromatic rings. The summed E-state index contributed by atoms with van der Waals surface area (Å²) in [5.41, 5.74) is 3.14. The maximum Gasteiger partial charge on any atom is 0.0456 e. The van der Waals surface area contributed by atoms with Gasteiger partial charge < -0.3 is 4.98 Å². The SMILES string of the molecule is CC(C)C1(C)CC2C=CC1N(CCc1c[nH]c3ccccc13)C2. The molecule has 1 aromatic carbocycles. The van der Waals surface area contributed by atoms with Gasteiger partial charge in [-0.2, -0.15) is 0 Å². The average molecular weight is 308 g/mol. The lowest BCUT2D eigenvalue weighted by Gasteiger charge is -2.55. The number of nitrogens with one attached hydrogen (secondary N) is 1. The largest absolute Gasteiger partial charge is 0.361 e. The molecule has 1 saturated heterocycles. The Labute approximate surface area is 139 Å². The van der Waals surface area contributed by atoms with Crippen LogP contribution in [-0.4, -0.2) is 29.0 Å². The minimum absolute atomic E-state index is 0.428. The van der Waals surface area contributed by atoms with Crippen LogP contribution in [0, 0.1) is 17.3 Å². The Morgan fingerprint density at radius 1 is 1.26 bits per heavy atom. The van der Waals surface area contributed by atoms with Gasteiger partial charge in [0.25, 0.3) is 0 Å². The predicted octanol–water partition coefficient (Wildman–Crippen LogP) is 4.63. The van der Waals surface area contributed by atoms with E-state index in [4.69, 9.17) is 0 Å². The zero-order valence-electron chi connectivity index (χ0n) is 14.5. The van der Waals surface area contributed by atoms with E-state index in [1.807, 2.05) is 0 Å². The fourth-order valence-corrected chi connectivity index (χ4v) is 4.73. The van der Waals surface area contributed by atoms with Crippen LogP contribution >= 0.6 is 0 Å². The van der Waals surface area contributed by atoms with Crippen LogP contribution in [0.3, 0.4) is 0 Å². The molecule has 1 N–H and O–H groups in total. The summed E-state index contributed by atoms with van der Waals surface area (Å²) in [6.45, 7) is 9.69. The number of aromatic nitrogens is 1. The van der Waals surface area contributed by atoms with Gasteiger partial charge in [0.1, 0.15) is 0 Å². The van der Waals surface area contributed by atoms with Crippen molar-refractivity contribution < 1.29 is 0 Å². The lowest BCUT2D eigenvalue weighted by atomic mass is 9.61. The molecule has 0 amide bonds. The minimum Gasteiger partial charge on any atom is -0.361 e. The number of hydrogen-bond donors (Lipinski definition) is 1. The average Bonchev–Trinajstić information content (AvgIpc) is 2.96. The predicted molar refractivity (Wildman–Crippen MR) is 97.6 cm³/mol. The molecular formula is C21H28N2. The number of benzene rings is 1. The summed E-state index contributed by atoms with van der Waals surface area (Å²) < 4.78 is 0. The fraction of sp³-hybridized carbons (Fsp3) is 0.524. The molecule has 3 aliphatic rings. The first-order valence-corrected chi connectivity index (χ1v) is 9.05. The van der Waals surface area contributed by atoms with Crippen molar-refractivity contribution in [2.24, 2.45) is 17.3 Å². The first-order chi connectivity index (χ1) is 11.1. The normalized spacial score (nSPS) is 30.6. The summed E-state index contributed by atoms with van der Waals surface area (Å²) in [7, 11) is 0. The summed E-state index contributed by atoms with van der Waals surface area (Å²) in [6, 6.07) is 9.26. The third-order valence-electron chi connectivity index (χ3n) is 6.47. The Hall–Kier alpha value is -1.54. The van der Waals surface area contributed by atoms with E-state index in [0.29, 0.717) is 11.5 Å². The van der Waals surface area contributed by atoms with E-state index >= 15 is 0 Å². The van der Waals surface area contributed by atoms with Crippen LogP contribution < -0.4 is 0 Å². The number of rotatable bonds is 4. The number of H-pyrrole nitrogens is 1. The van der Waals surface area contributed by atoms with E-state index in [1.165, 1.54) is 29.4 Å². The summed E-state index contributed by atoms with van der Waals surface area (Å²) in [5, 5.41) is 1.39. The van der Waals surface area contributed by atoms with Gasteiger partial charge in [-0.3, -0.25) is 4.90 Å². The highest BCUT2D eigenvalue weighted by atomic mass is 15.2. The first-order valence-electron chi connectivity index (χ1n) is 9.05. The van der Waals surface area contributed by atoms with Gasteiger partial charge in [-0.05, 0) is 41.7 Å². The van der Waals surface area contributed by atoms with Crippen LogP contribution in [0.4, 0.5) is 0 Å². The molecule has 3 unspecified atom stereocenters. The molecule has 1 fully saturated rings. The maximum absolute atomic E-state index is 3.41. The summed E-state index contributed by atoms with van der Waals surface area (Å²) in [4.78, 5) is 6.14. The van der Waals surface area contributed by atoms with Crippen LogP contribution in [0.5, 0.6) is 0 Å². The van der Waals surface area contributed by atoms with Crippen LogP contribution in [0.2, 0.25) is 0 Å². The molecule has 0 saturated carbocycles. The van der Waals surface area contributed by atoms with Crippen LogP contribution in [-0.2, 0) is 6.42 Å². The van der Waals surface area contributed by atoms with Gasteiger partial charge in [0.05, 0.1) is 0 Å². The quantitative estimate of drug-likeness (QED) is 0.816. The Balaban J connectivity index is 1.52. The highest BCUT2D eigenvalue weighted by molar-refractivity contribution is 5.83. The van der Waals surface area contributed by atoms with Crippen molar-refractivity contribution in [2.45, 2.75) is 39.7 Å². The van der Waals surface area contributed by atoms with Crippen LogP contribution in [0.1, 0.15) is 32.8 Å². The Morgan fingerprint density at radius 2 is 2.09 bits per heavy atom. The lowest BCUT2D eigenvalue weighted by molar-refractivity contribution is -0.0116. The van der Waals surface area contributed by atoms with Crippen LogP contribution in [0.25, 0.3) is 10.9 Å². The highest BCUT2D eigenvalue weighted by Crippen LogP contribution is 2.47. The van der Waals surface area contributed by atoms with Crippen molar-refractivity contribution in [1.29, 1.82) is 0 Å². The minimum atomic E-state index is 0.428. The molecule has 2 nitrogen and oxygen atoms in total. The van der Waals surface area contributed by atoms with Gasteiger partial charge in [-0.1, -0.05) is 51.1 Å². The molecule has 1 aromatic heterocycles. The smallest absolute Gasteiger partial charge is 0.0456 e. The molecule has 2 aliphatic heterocycles. The van der Waals surface area contributed by atoms with Crippen molar-refractivity contribution in [3.8, 4) is 0 Å². The molecule has 23 heavy (non-hydrogen) atoms. The molecule has 3 atom stereocenters. The van der Waals surface area contributed by atoms with Gasteiger partial charge in [-0.15, -0.1) is 0 Å². The summed E-state index contributed by atoms with van der Waals surface area (Å²) in [5.74, 6) is 1.48. The lowest BCUT2D eigenvalue weighted by Crippen LogP contribution is -2.57. The topological polar surface area (TPSA) is 19.0 Å². The zero-order chi connectivity index (χ0) is 16.0. The van der Waals surface area contributed by atoms with E-state index in [0.717, 1.165) is 24.8 Å². The molecule has 3 heterocycles. The number of nitrogens with zero attached hydrogens (tertiary/aromatic N) is 1. The zero-order valence-corrected chi connectivity index (χ0v) is 14.5. The number of para-hydroxylation sites is 1. The monoisotopic (exact) mass is 308 g/mol. The van der Waals surface area contributed by atoms with Gasteiger partial charge >= 0.3 is 0 Å². The molecule has 2 heteroatoms. The van der Waals surface area contributed by atoms with Crippen molar-refractivity contribution in [2.75, 3.05) is 13.1 Å². The Bertz CT molecular complexity index is 726. The second-order valence-corrected chi connectivity index (χ2v) is 8.06. The molecule has 122 valence electrons. The van der Waals surface area contributed by atoms with Crippen molar-refractivity contribution in [3.63, 3.8) is 0 Å². The van der Waals surface area contributed by atoms with E-state index in [1.54, 1.807) is 0 Å². The molecule has 0 radical (unpaired) electrons. The van der Waals surface area contributed by atoms with E-state index in [-0.39, 0.29) is 0 Å². The second kappa shape index (κ2) is 5.52. The van der Waals surface area contributed by atoms with Crippen LogP contribution in [0.15, 0.2) is 42.6 Å². The standard InChI is InChI=1S/C21H28N2/c1-15(2)21(3)12-16-8-9-20(21)23(14-16)11-10-17-13-22-19-7-5-4-6-18(17)19/h4-9,13,15-16,20,22H,10-12,14H2,1-3H3. The maximum atomic E-state index is 3.41. The van der Waals surface area contributed by atoms with E-state index in [9.17, 15) is 0 Å². The number of aromatic amines is 1. The molecule has 5 rings (SSSR count). The molecule has 1 aliphatic carbocycles. The number of hydrogen-bond acceptors (Lipinski definition) is 1. The van der Waals surface area contributed by atoms with Gasteiger partial charge in [0.15, 0.2) is 0 Å². The van der Waals surface area contributed by atoms with E-state index in [2.05, 4.69) is 73.3 Å². The Morgan fingerprint density at radius 3 is 2.87 bits per heavy atom. The van der Waals surface area contributed by atoms with E-state index < -0.39 is 0 Å². The second-order valence-electron chi connectivity index (χ2n) is 8.06. The first kappa shape index (κ1) is 15.0. The third-order valence-corrected chi connectivity index (χ3v) is 6.47. The highest BCUT2D eigenvalue weighted by Gasteiger charge is 2.46. The van der Waals surface area contributed by atoms with Gasteiger partial charge in [0, 0.05) is 36.2 Å². The van der Waals surface area contributed by atoms with Gasteiger partial charge in [0.2, 0.25) is 0 Å². The fourth-order valence-electron chi connectivity index (χ4n) is 4.73. The van der Waals surface area contributed by atoms with Crippen molar-refractivity contribution in [1.82, 2.24) is 9.88 Å². The number of fused-ring (bicyclic) bond motifs is 3. The Kier molecular flexibility index (Phi) is 3.60. The molecule has 0 spiro atoms. The molecular weight excluding hydrogens is 280 g/mol. The third kappa shape index (κ3) is 2.44. The number of piperidine rings is 1. The van der Waals surface area contributed by atoms with Crippen molar-refractivity contribution in [3.05, 3.63) is 48.2 Å². The summed E-state index contributed by atoms with van der Waals surface area (Å²) in [6.07, 6.45) is 9.65. The van der Waals surface area contributed by atoms with Gasteiger partial charge in [-0.25, -0.2) is 0 Å². The summed E-state index contributed by atoms with van der Waals surface area (Å²) >= 11 is 0. The van der Waals surface area contributed by atoms with Crippen molar-refractivity contribution >= 4 is 10.9 Å². The molecule has 2 bridgehead atoms.